The van der Waals surface area contributed by atoms with Gasteiger partial charge in [0, 0.05) is 16.8 Å². The van der Waals surface area contributed by atoms with Gasteiger partial charge in [-0.05, 0) is 30.7 Å². The minimum absolute atomic E-state index is 0.0369. The van der Waals surface area contributed by atoms with Crippen molar-refractivity contribution in [2.75, 3.05) is 7.11 Å². The molecule has 4 nitrogen and oxygen atoms in total. The first-order valence-electron chi connectivity index (χ1n) is 8.38. The monoisotopic (exact) mass is 324 g/mol. The molecule has 24 heavy (non-hydrogen) atoms. The van der Waals surface area contributed by atoms with Crippen LogP contribution < -0.4 is 15.4 Å². The van der Waals surface area contributed by atoms with E-state index >= 15 is 0 Å². The molecule has 0 saturated carbocycles. The highest BCUT2D eigenvalue weighted by atomic mass is 16.5. The summed E-state index contributed by atoms with van der Waals surface area (Å²) in [5, 5.41) is 17.3. The zero-order valence-electron chi connectivity index (χ0n) is 14.1. The summed E-state index contributed by atoms with van der Waals surface area (Å²) < 4.78 is 5.34. The number of aromatic hydroxyl groups is 1. The number of rotatable bonds is 5. The smallest absolute Gasteiger partial charge is 0.120 e. The third-order valence-corrected chi connectivity index (χ3v) is 4.27. The summed E-state index contributed by atoms with van der Waals surface area (Å²) in [4.78, 5) is 0. The molecule has 2 aromatic rings. The lowest BCUT2D eigenvalue weighted by atomic mass is 9.98. The Labute approximate surface area is 143 Å². The number of ether oxygens (including phenoxy) is 1. The van der Waals surface area contributed by atoms with E-state index in [-0.39, 0.29) is 12.2 Å². The quantitative estimate of drug-likeness (QED) is 0.783. The normalized spacial score (nSPS) is 20.2. The van der Waals surface area contributed by atoms with Crippen LogP contribution in [0.1, 0.15) is 36.9 Å². The van der Waals surface area contributed by atoms with E-state index in [9.17, 15) is 5.11 Å². The molecule has 0 saturated heterocycles. The SMILES string of the molecule is CCCC1NC(c2cccc(OC)c2)=CC(c2ccccc2O)N1. The molecule has 0 amide bonds. The summed E-state index contributed by atoms with van der Waals surface area (Å²) in [6, 6.07) is 15.5. The summed E-state index contributed by atoms with van der Waals surface area (Å²) in [6.45, 7) is 2.17. The van der Waals surface area contributed by atoms with Crippen molar-refractivity contribution in [2.45, 2.75) is 32.0 Å². The number of benzene rings is 2. The van der Waals surface area contributed by atoms with Gasteiger partial charge in [-0.3, -0.25) is 5.32 Å². The van der Waals surface area contributed by atoms with Crippen LogP contribution in [0.3, 0.4) is 0 Å². The molecule has 0 fully saturated rings. The number of nitrogens with one attached hydrogen (secondary N) is 2. The second-order valence-corrected chi connectivity index (χ2v) is 6.00. The van der Waals surface area contributed by atoms with Crippen molar-refractivity contribution < 1.29 is 9.84 Å². The van der Waals surface area contributed by atoms with E-state index in [4.69, 9.17) is 4.74 Å². The molecule has 2 atom stereocenters. The van der Waals surface area contributed by atoms with Crippen molar-refractivity contribution in [1.82, 2.24) is 10.6 Å². The standard InChI is InChI=1S/C20H24N2O2/c1-3-7-20-21-17(14-8-6-9-15(12-14)24-2)13-18(22-20)16-10-4-5-11-19(16)23/h4-6,8-13,18,20-23H,3,7H2,1-2H3. The lowest BCUT2D eigenvalue weighted by Gasteiger charge is -2.33. The van der Waals surface area contributed by atoms with Gasteiger partial charge in [0.1, 0.15) is 11.5 Å². The molecule has 4 heteroatoms. The number of hydrogen-bond acceptors (Lipinski definition) is 4. The molecule has 2 aromatic carbocycles. The van der Waals surface area contributed by atoms with Crippen molar-refractivity contribution in [1.29, 1.82) is 0 Å². The van der Waals surface area contributed by atoms with E-state index in [1.54, 1.807) is 13.2 Å². The maximum absolute atomic E-state index is 10.2. The second-order valence-electron chi connectivity index (χ2n) is 6.00. The van der Waals surface area contributed by atoms with Crippen LogP contribution in [0.5, 0.6) is 11.5 Å². The maximum atomic E-state index is 10.2. The largest absolute Gasteiger partial charge is 0.508 e. The predicted octanol–water partition coefficient (Wildman–Crippen LogP) is 3.80. The fourth-order valence-corrected chi connectivity index (χ4v) is 3.05. The molecule has 1 aliphatic heterocycles. The highest BCUT2D eigenvalue weighted by Crippen LogP contribution is 2.31. The van der Waals surface area contributed by atoms with Crippen LogP contribution in [0, 0.1) is 0 Å². The molecule has 1 aliphatic rings. The zero-order valence-corrected chi connectivity index (χ0v) is 14.1. The van der Waals surface area contributed by atoms with Crippen LogP contribution in [0.15, 0.2) is 54.6 Å². The van der Waals surface area contributed by atoms with Crippen LogP contribution in [0.25, 0.3) is 5.70 Å². The van der Waals surface area contributed by atoms with Crippen molar-refractivity contribution in [3.8, 4) is 11.5 Å². The molecule has 1 heterocycles. The van der Waals surface area contributed by atoms with Crippen molar-refractivity contribution in [3.05, 3.63) is 65.7 Å². The number of hydrogen-bond donors (Lipinski definition) is 3. The average molecular weight is 324 g/mol. The highest BCUT2D eigenvalue weighted by Gasteiger charge is 2.23. The Morgan fingerprint density at radius 3 is 2.71 bits per heavy atom. The van der Waals surface area contributed by atoms with Crippen molar-refractivity contribution >= 4 is 5.70 Å². The van der Waals surface area contributed by atoms with Gasteiger partial charge in [0.15, 0.2) is 0 Å². The molecule has 126 valence electrons. The van der Waals surface area contributed by atoms with Gasteiger partial charge in [0.05, 0.1) is 19.3 Å². The van der Waals surface area contributed by atoms with Gasteiger partial charge in [-0.2, -0.15) is 0 Å². The number of para-hydroxylation sites is 1. The van der Waals surface area contributed by atoms with E-state index in [0.29, 0.717) is 5.75 Å². The summed E-state index contributed by atoms with van der Waals surface area (Å²) in [7, 11) is 1.67. The van der Waals surface area contributed by atoms with Crippen molar-refractivity contribution in [2.24, 2.45) is 0 Å². The Kier molecular flexibility index (Phi) is 5.06. The summed E-state index contributed by atoms with van der Waals surface area (Å²) in [6.07, 6.45) is 4.36. The summed E-state index contributed by atoms with van der Waals surface area (Å²) in [5.74, 6) is 1.15. The minimum atomic E-state index is -0.0369. The predicted molar refractivity (Wildman–Crippen MR) is 96.8 cm³/mol. The fraction of sp³-hybridized carbons (Fsp3) is 0.300. The molecule has 0 radical (unpaired) electrons. The topological polar surface area (TPSA) is 53.5 Å². The molecule has 3 rings (SSSR count). The minimum Gasteiger partial charge on any atom is -0.508 e. The molecule has 0 spiro atoms. The molecule has 2 unspecified atom stereocenters. The van der Waals surface area contributed by atoms with Crippen LogP contribution in [-0.2, 0) is 0 Å². The molecule has 3 N–H and O–H groups in total. The Bertz CT molecular complexity index is 727. The van der Waals surface area contributed by atoms with Gasteiger partial charge in [0.25, 0.3) is 0 Å². The number of methoxy groups -OCH3 is 1. The van der Waals surface area contributed by atoms with E-state index in [1.807, 2.05) is 36.4 Å². The maximum Gasteiger partial charge on any atom is 0.120 e. The first kappa shape index (κ1) is 16.4. The Balaban J connectivity index is 1.98. The van der Waals surface area contributed by atoms with E-state index in [1.165, 1.54) is 0 Å². The zero-order chi connectivity index (χ0) is 16.9. The van der Waals surface area contributed by atoms with Gasteiger partial charge in [-0.15, -0.1) is 0 Å². The lowest BCUT2D eigenvalue weighted by molar-refractivity contribution is 0.390. The van der Waals surface area contributed by atoms with Crippen LogP contribution in [-0.4, -0.2) is 18.4 Å². The fourth-order valence-electron chi connectivity index (χ4n) is 3.05. The van der Waals surface area contributed by atoms with Gasteiger partial charge in [-0.25, -0.2) is 0 Å². The summed E-state index contributed by atoms with van der Waals surface area (Å²) in [5.41, 5.74) is 3.03. The van der Waals surface area contributed by atoms with Gasteiger partial charge in [0.2, 0.25) is 0 Å². The van der Waals surface area contributed by atoms with Gasteiger partial charge in [-0.1, -0.05) is 43.7 Å². The van der Waals surface area contributed by atoms with Crippen molar-refractivity contribution in [3.63, 3.8) is 0 Å². The third-order valence-electron chi connectivity index (χ3n) is 4.27. The molecule has 0 aliphatic carbocycles. The highest BCUT2D eigenvalue weighted by molar-refractivity contribution is 5.67. The third kappa shape index (κ3) is 3.54. The van der Waals surface area contributed by atoms with Gasteiger partial charge >= 0.3 is 0 Å². The Morgan fingerprint density at radius 1 is 1.12 bits per heavy atom. The molecular formula is C20H24N2O2. The first-order valence-corrected chi connectivity index (χ1v) is 8.38. The lowest BCUT2D eigenvalue weighted by Crippen LogP contribution is -2.46. The summed E-state index contributed by atoms with van der Waals surface area (Å²) >= 11 is 0. The molecular weight excluding hydrogens is 300 g/mol. The first-order chi connectivity index (χ1) is 11.7. The number of phenols is 1. The van der Waals surface area contributed by atoms with E-state index < -0.39 is 0 Å². The van der Waals surface area contributed by atoms with Crippen LogP contribution in [0.4, 0.5) is 0 Å². The molecule has 0 bridgehead atoms. The van der Waals surface area contributed by atoms with Gasteiger partial charge < -0.3 is 15.2 Å². The number of phenolic OH excluding ortho intramolecular Hbond substituents is 1. The average Bonchev–Trinajstić information content (AvgIpc) is 2.62. The van der Waals surface area contributed by atoms with Crippen LogP contribution >= 0.6 is 0 Å². The second kappa shape index (κ2) is 7.41. The Morgan fingerprint density at radius 2 is 1.96 bits per heavy atom. The Hall–Kier alpha value is -2.46. The van der Waals surface area contributed by atoms with Crippen LogP contribution in [0.2, 0.25) is 0 Å². The van der Waals surface area contributed by atoms with E-state index in [0.717, 1.165) is 35.4 Å². The van der Waals surface area contributed by atoms with E-state index in [2.05, 4.69) is 29.7 Å². The molecule has 0 aromatic heterocycles.